The molecule has 1 atom stereocenters. The average molecular weight is 276 g/mol. The quantitative estimate of drug-likeness (QED) is 0.784. The summed E-state index contributed by atoms with van der Waals surface area (Å²) in [5, 5.41) is 2.29. The van der Waals surface area contributed by atoms with Crippen LogP contribution in [0.1, 0.15) is 30.5 Å². The first-order chi connectivity index (χ1) is 10.1. The van der Waals surface area contributed by atoms with E-state index in [1.165, 1.54) is 5.56 Å². The number of hydrogen-bond donors (Lipinski definition) is 1. The molecule has 0 aliphatic carbocycles. The smallest absolute Gasteiger partial charge is 0.0658 e. The highest BCUT2D eigenvalue weighted by atomic mass is 14.7. The summed E-state index contributed by atoms with van der Waals surface area (Å²) in [5.41, 5.74) is 9.62. The van der Waals surface area contributed by atoms with Crippen molar-refractivity contribution >= 4 is 10.8 Å². The fourth-order valence-electron chi connectivity index (χ4n) is 2.77. The molecule has 3 rings (SSSR count). The molecule has 21 heavy (non-hydrogen) atoms. The number of rotatable bonds is 3. The van der Waals surface area contributed by atoms with Gasteiger partial charge in [0.05, 0.1) is 5.54 Å². The number of aromatic nitrogens is 1. The van der Waals surface area contributed by atoms with Crippen molar-refractivity contribution in [2.45, 2.75) is 25.8 Å². The van der Waals surface area contributed by atoms with Crippen molar-refractivity contribution in [2.75, 3.05) is 0 Å². The van der Waals surface area contributed by atoms with Gasteiger partial charge in [-0.05, 0) is 29.9 Å². The van der Waals surface area contributed by atoms with Crippen molar-refractivity contribution in [3.05, 3.63) is 77.6 Å². The Balaban J connectivity index is 2.14. The molecule has 106 valence electrons. The van der Waals surface area contributed by atoms with E-state index in [4.69, 9.17) is 5.73 Å². The van der Waals surface area contributed by atoms with Crippen LogP contribution in [0.5, 0.6) is 0 Å². The average Bonchev–Trinajstić information content (AvgIpc) is 2.54. The molecular weight excluding hydrogens is 256 g/mol. The third kappa shape index (κ3) is 2.43. The maximum absolute atomic E-state index is 6.68. The van der Waals surface area contributed by atoms with E-state index in [1.54, 1.807) is 0 Å². The van der Waals surface area contributed by atoms with Crippen LogP contribution in [0.25, 0.3) is 10.8 Å². The second-order valence-electron chi connectivity index (χ2n) is 5.66. The Hall–Kier alpha value is -2.19. The maximum atomic E-state index is 6.68. The number of benzene rings is 2. The lowest BCUT2D eigenvalue weighted by molar-refractivity contribution is 0.606. The first-order valence-electron chi connectivity index (χ1n) is 7.34. The van der Waals surface area contributed by atoms with Gasteiger partial charge < -0.3 is 5.73 Å². The summed E-state index contributed by atoms with van der Waals surface area (Å²) in [7, 11) is 0. The van der Waals surface area contributed by atoms with E-state index in [9.17, 15) is 0 Å². The zero-order chi connectivity index (χ0) is 14.9. The van der Waals surface area contributed by atoms with Crippen LogP contribution in [0.15, 0.2) is 60.9 Å². The molecule has 2 nitrogen and oxygen atoms in total. The van der Waals surface area contributed by atoms with E-state index in [0.717, 1.165) is 28.3 Å². The van der Waals surface area contributed by atoms with Gasteiger partial charge in [-0.2, -0.15) is 0 Å². The summed E-state index contributed by atoms with van der Waals surface area (Å²) in [6.07, 6.45) is 4.81. The molecule has 2 aromatic carbocycles. The highest BCUT2D eigenvalue weighted by Gasteiger charge is 2.25. The first-order valence-corrected chi connectivity index (χ1v) is 7.34. The highest BCUT2D eigenvalue weighted by molar-refractivity contribution is 5.86. The Morgan fingerprint density at radius 2 is 1.71 bits per heavy atom. The standard InChI is InChI=1S/C19H20N2/c1-3-14-8-10-16(11-9-14)19(2,20)18-13-21-12-15-6-4-5-7-17(15)18/h4-13H,3,20H2,1-2H3. The normalized spacial score (nSPS) is 14.0. The summed E-state index contributed by atoms with van der Waals surface area (Å²) in [6, 6.07) is 16.8. The minimum Gasteiger partial charge on any atom is -0.318 e. The lowest BCUT2D eigenvalue weighted by Crippen LogP contribution is -2.34. The summed E-state index contributed by atoms with van der Waals surface area (Å²) < 4.78 is 0. The molecule has 0 amide bonds. The molecule has 2 N–H and O–H groups in total. The molecular formula is C19H20N2. The first kappa shape index (κ1) is 13.8. The minimum atomic E-state index is -0.555. The van der Waals surface area contributed by atoms with Crippen molar-refractivity contribution in [2.24, 2.45) is 5.73 Å². The van der Waals surface area contributed by atoms with Gasteiger partial charge in [0, 0.05) is 23.3 Å². The van der Waals surface area contributed by atoms with Gasteiger partial charge in [-0.3, -0.25) is 4.98 Å². The predicted molar refractivity (Wildman–Crippen MR) is 88.2 cm³/mol. The summed E-state index contributed by atoms with van der Waals surface area (Å²) in [4.78, 5) is 4.36. The van der Waals surface area contributed by atoms with Crippen LogP contribution in [-0.4, -0.2) is 4.98 Å². The molecule has 0 radical (unpaired) electrons. The molecule has 0 fully saturated rings. The zero-order valence-corrected chi connectivity index (χ0v) is 12.5. The molecule has 2 heteroatoms. The van der Waals surface area contributed by atoms with Gasteiger partial charge in [-0.15, -0.1) is 0 Å². The summed E-state index contributed by atoms with van der Waals surface area (Å²) in [6.45, 7) is 4.21. The van der Waals surface area contributed by atoms with Crippen LogP contribution in [0, 0.1) is 0 Å². The van der Waals surface area contributed by atoms with E-state index >= 15 is 0 Å². The van der Waals surface area contributed by atoms with Crippen LogP contribution >= 0.6 is 0 Å². The van der Waals surface area contributed by atoms with Gasteiger partial charge >= 0.3 is 0 Å². The highest BCUT2D eigenvalue weighted by Crippen LogP contribution is 2.31. The fourth-order valence-corrected chi connectivity index (χ4v) is 2.77. The Morgan fingerprint density at radius 3 is 2.43 bits per heavy atom. The molecule has 0 spiro atoms. The molecule has 0 aliphatic rings. The maximum Gasteiger partial charge on any atom is 0.0658 e. The second kappa shape index (κ2) is 5.30. The predicted octanol–water partition coefficient (Wildman–Crippen LogP) is 4.02. The van der Waals surface area contributed by atoms with Crippen LogP contribution in [-0.2, 0) is 12.0 Å². The van der Waals surface area contributed by atoms with E-state index in [1.807, 2.05) is 24.5 Å². The molecule has 1 unspecified atom stereocenters. The van der Waals surface area contributed by atoms with Crippen LogP contribution in [0.3, 0.4) is 0 Å². The molecule has 0 saturated heterocycles. The summed E-state index contributed by atoms with van der Waals surface area (Å²) in [5.74, 6) is 0. The third-order valence-electron chi connectivity index (χ3n) is 4.19. The lowest BCUT2D eigenvalue weighted by Gasteiger charge is -2.27. The number of nitrogens with two attached hydrogens (primary N) is 1. The number of fused-ring (bicyclic) bond motifs is 1. The third-order valence-corrected chi connectivity index (χ3v) is 4.19. The SMILES string of the molecule is CCc1ccc(C(C)(N)c2cncc3ccccc23)cc1. The van der Waals surface area contributed by atoms with Crippen molar-refractivity contribution in [1.82, 2.24) is 4.98 Å². The van der Waals surface area contributed by atoms with Crippen molar-refractivity contribution in [1.29, 1.82) is 0 Å². The topological polar surface area (TPSA) is 38.9 Å². The molecule has 0 bridgehead atoms. The second-order valence-corrected chi connectivity index (χ2v) is 5.66. The van der Waals surface area contributed by atoms with Gasteiger partial charge in [0.2, 0.25) is 0 Å². The Labute approximate surface area is 125 Å². The monoisotopic (exact) mass is 276 g/mol. The molecule has 1 aromatic heterocycles. The zero-order valence-electron chi connectivity index (χ0n) is 12.5. The molecule has 3 aromatic rings. The Bertz CT molecular complexity index is 753. The number of nitrogens with zero attached hydrogens (tertiary/aromatic N) is 1. The van der Waals surface area contributed by atoms with Crippen LogP contribution < -0.4 is 5.73 Å². The lowest BCUT2D eigenvalue weighted by atomic mass is 9.84. The van der Waals surface area contributed by atoms with Crippen LogP contribution in [0.4, 0.5) is 0 Å². The minimum absolute atomic E-state index is 0.555. The Kier molecular flexibility index (Phi) is 3.48. The van der Waals surface area contributed by atoms with Crippen LogP contribution in [0.2, 0.25) is 0 Å². The Morgan fingerprint density at radius 1 is 1.00 bits per heavy atom. The van der Waals surface area contributed by atoms with E-state index in [0.29, 0.717) is 0 Å². The number of pyridine rings is 1. The molecule has 0 saturated carbocycles. The number of hydrogen-bond acceptors (Lipinski definition) is 2. The van der Waals surface area contributed by atoms with Crippen molar-refractivity contribution in [3.8, 4) is 0 Å². The summed E-state index contributed by atoms with van der Waals surface area (Å²) >= 11 is 0. The largest absolute Gasteiger partial charge is 0.318 e. The molecule has 1 heterocycles. The van der Waals surface area contributed by atoms with Gasteiger partial charge in [0.25, 0.3) is 0 Å². The van der Waals surface area contributed by atoms with E-state index in [-0.39, 0.29) is 0 Å². The number of aryl methyl sites for hydroxylation is 1. The van der Waals surface area contributed by atoms with E-state index < -0.39 is 5.54 Å². The van der Waals surface area contributed by atoms with E-state index in [2.05, 4.69) is 55.2 Å². The molecule has 0 aliphatic heterocycles. The van der Waals surface area contributed by atoms with Gasteiger partial charge in [-0.25, -0.2) is 0 Å². The van der Waals surface area contributed by atoms with Crippen molar-refractivity contribution in [3.63, 3.8) is 0 Å². The van der Waals surface area contributed by atoms with Crippen molar-refractivity contribution < 1.29 is 0 Å². The van der Waals surface area contributed by atoms with Gasteiger partial charge in [0.1, 0.15) is 0 Å². The van der Waals surface area contributed by atoms with Gasteiger partial charge in [-0.1, -0.05) is 55.5 Å². The van der Waals surface area contributed by atoms with Gasteiger partial charge in [0.15, 0.2) is 0 Å². The fraction of sp³-hybridized carbons (Fsp3) is 0.211.